The normalized spacial score (nSPS) is 24.4. The third kappa shape index (κ3) is 3.55. The summed E-state index contributed by atoms with van der Waals surface area (Å²) in [6.07, 6.45) is 4.01. The number of thiophene rings is 1. The fraction of sp³-hybridized carbons (Fsp3) is 0.667. The summed E-state index contributed by atoms with van der Waals surface area (Å²) in [5.74, 6) is 0. The van der Waals surface area contributed by atoms with Crippen LogP contribution in [-0.2, 0) is 11.2 Å². The van der Waals surface area contributed by atoms with Gasteiger partial charge in [0, 0.05) is 24.1 Å². The minimum atomic E-state index is 0.512. The van der Waals surface area contributed by atoms with E-state index in [2.05, 4.69) is 40.3 Å². The van der Waals surface area contributed by atoms with Gasteiger partial charge in [-0.15, -0.1) is 11.3 Å². The van der Waals surface area contributed by atoms with E-state index in [0.29, 0.717) is 12.1 Å². The fourth-order valence-electron chi connectivity index (χ4n) is 1.99. The third-order valence-electron chi connectivity index (χ3n) is 2.93. The van der Waals surface area contributed by atoms with Gasteiger partial charge < -0.3 is 10.1 Å². The first-order valence-electron chi connectivity index (χ1n) is 5.87. The standard InChI is InChI=1S/C12H18BrNOS/c1-2-15-10-7-9(8-10)14-6-5-11-3-4-12(13)16-11/h3-4,9-10,14H,2,5-8H2,1H3. The van der Waals surface area contributed by atoms with E-state index < -0.39 is 0 Å². The lowest BCUT2D eigenvalue weighted by atomic mass is 9.89. The summed E-state index contributed by atoms with van der Waals surface area (Å²) in [4.78, 5) is 1.44. The quantitative estimate of drug-likeness (QED) is 0.871. The van der Waals surface area contributed by atoms with Gasteiger partial charge in [0.1, 0.15) is 0 Å². The maximum absolute atomic E-state index is 5.53. The molecule has 0 aliphatic heterocycles. The van der Waals surface area contributed by atoms with Crippen LogP contribution in [0.15, 0.2) is 15.9 Å². The molecule has 90 valence electrons. The van der Waals surface area contributed by atoms with Gasteiger partial charge in [-0.25, -0.2) is 0 Å². The minimum Gasteiger partial charge on any atom is -0.378 e. The van der Waals surface area contributed by atoms with Gasteiger partial charge in [0.05, 0.1) is 9.89 Å². The molecule has 2 nitrogen and oxygen atoms in total. The molecule has 1 aliphatic carbocycles. The summed E-state index contributed by atoms with van der Waals surface area (Å²) in [5.41, 5.74) is 0. The molecule has 0 atom stereocenters. The second-order valence-electron chi connectivity index (χ2n) is 4.16. The van der Waals surface area contributed by atoms with E-state index in [1.807, 2.05) is 11.3 Å². The maximum atomic E-state index is 5.53. The van der Waals surface area contributed by atoms with Crippen LogP contribution in [0.1, 0.15) is 24.6 Å². The molecule has 16 heavy (non-hydrogen) atoms. The second-order valence-corrected chi connectivity index (χ2v) is 6.70. The van der Waals surface area contributed by atoms with Crippen molar-refractivity contribution in [3.63, 3.8) is 0 Å². The molecular formula is C12H18BrNOS. The van der Waals surface area contributed by atoms with E-state index >= 15 is 0 Å². The van der Waals surface area contributed by atoms with E-state index in [1.165, 1.54) is 21.5 Å². The van der Waals surface area contributed by atoms with Crippen LogP contribution in [0.5, 0.6) is 0 Å². The Hall–Kier alpha value is 0.1000. The smallest absolute Gasteiger partial charge is 0.0701 e. The number of hydrogen-bond donors (Lipinski definition) is 1. The number of nitrogens with one attached hydrogen (secondary N) is 1. The molecule has 0 bridgehead atoms. The average molecular weight is 304 g/mol. The Morgan fingerprint density at radius 3 is 2.94 bits per heavy atom. The van der Waals surface area contributed by atoms with Gasteiger partial charge in [0.15, 0.2) is 0 Å². The minimum absolute atomic E-state index is 0.512. The average Bonchev–Trinajstić information content (AvgIpc) is 2.60. The molecule has 0 radical (unpaired) electrons. The van der Waals surface area contributed by atoms with E-state index in [4.69, 9.17) is 4.74 Å². The molecule has 0 saturated heterocycles. The Morgan fingerprint density at radius 2 is 2.31 bits per heavy atom. The Kier molecular flexibility index (Phi) is 4.82. The lowest BCUT2D eigenvalue weighted by molar-refractivity contribution is -0.00959. The van der Waals surface area contributed by atoms with Gasteiger partial charge in [-0.1, -0.05) is 0 Å². The Balaban J connectivity index is 1.56. The first-order chi connectivity index (χ1) is 7.78. The number of ether oxygens (including phenoxy) is 1. The molecule has 0 spiro atoms. The van der Waals surface area contributed by atoms with E-state index in [1.54, 1.807) is 0 Å². The van der Waals surface area contributed by atoms with Gasteiger partial charge in [-0.2, -0.15) is 0 Å². The van der Waals surface area contributed by atoms with Crippen LogP contribution in [0.4, 0.5) is 0 Å². The lowest BCUT2D eigenvalue weighted by Crippen LogP contribution is -2.46. The zero-order valence-electron chi connectivity index (χ0n) is 9.54. The Morgan fingerprint density at radius 1 is 1.50 bits per heavy atom. The molecule has 1 fully saturated rings. The van der Waals surface area contributed by atoms with Gasteiger partial charge >= 0.3 is 0 Å². The lowest BCUT2D eigenvalue weighted by Gasteiger charge is -2.35. The fourth-order valence-corrected chi connectivity index (χ4v) is 3.47. The molecule has 0 amide bonds. The summed E-state index contributed by atoms with van der Waals surface area (Å²) < 4.78 is 6.76. The largest absolute Gasteiger partial charge is 0.378 e. The molecule has 1 aromatic heterocycles. The van der Waals surface area contributed by atoms with Crippen LogP contribution >= 0.6 is 27.3 Å². The summed E-state index contributed by atoms with van der Waals surface area (Å²) in [6, 6.07) is 4.99. The first-order valence-corrected chi connectivity index (χ1v) is 7.48. The molecule has 4 heteroatoms. The molecular weight excluding hydrogens is 286 g/mol. The van der Waals surface area contributed by atoms with Gasteiger partial charge in [0.2, 0.25) is 0 Å². The van der Waals surface area contributed by atoms with Gasteiger partial charge in [-0.3, -0.25) is 0 Å². The van der Waals surface area contributed by atoms with Crippen molar-refractivity contribution in [3.05, 3.63) is 20.8 Å². The van der Waals surface area contributed by atoms with E-state index in [0.717, 1.165) is 19.6 Å². The highest BCUT2D eigenvalue weighted by molar-refractivity contribution is 9.11. The van der Waals surface area contributed by atoms with Crippen molar-refractivity contribution in [3.8, 4) is 0 Å². The summed E-state index contributed by atoms with van der Waals surface area (Å²) >= 11 is 5.31. The van der Waals surface area contributed by atoms with Crippen LogP contribution in [0.25, 0.3) is 0 Å². The van der Waals surface area contributed by atoms with Gasteiger partial charge in [-0.05, 0) is 54.2 Å². The molecule has 1 aromatic rings. The van der Waals surface area contributed by atoms with Crippen LogP contribution in [-0.4, -0.2) is 25.3 Å². The third-order valence-corrected chi connectivity index (χ3v) is 4.61. The van der Waals surface area contributed by atoms with E-state index in [9.17, 15) is 0 Å². The Bertz CT molecular complexity index is 323. The number of rotatable bonds is 6. The van der Waals surface area contributed by atoms with Crippen LogP contribution in [0, 0.1) is 0 Å². The Labute approximate surface area is 110 Å². The zero-order valence-corrected chi connectivity index (χ0v) is 11.9. The predicted octanol–water partition coefficient (Wildman–Crippen LogP) is 3.21. The maximum Gasteiger partial charge on any atom is 0.0701 e. The van der Waals surface area contributed by atoms with Crippen molar-refractivity contribution >= 4 is 27.3 Å². The van der Waals surface area contributed by atoms with Crippen molar-refractivity contribution in [1.82, 2.24) is 5.32 Å². The highest BCUT2D eigenvalue weighted by Gasteiger charge is 2.28. The summed E-state index contributed by atoms with van der Waals surface area (Å²) in [7, 11) is 0. The number of hydrogen-bond acceptors (Lipinski definition) is 3. The molecule has 1 aliphatic rings. The number of halogens is 1. The molecule has 0 unspecified atom stereocenters. The molecule has 2 rings (SSSR count). The van der Waals surface area contributed by atoms with Crippen molar-refractivity contribution in [2.75, 3.05) is 13.2 Å². The van der Waals surface area contributed by atoms with Crippen molar-refractivity contribution in [2.24, 2.45) is 0 Å². The van der Waals surface area contributed by atoms with Crippen molar-refractivity contribution in [2.45, 2.75) is 38.3 Å². The van der Waals surface area contributed by atoms with Crippen LogP contribution in [0.2, 0.25) is 0 Å². The highest BCUT2D eigenvalue weighted by atomic mass is 79.9. The molecule has 1 saturated carbocycles. The summed E-state index contributed by atoms with van der Waals surface area (Å²) in [6.45, 7) is 3.99. The highest BCUT2D eigenvalue weighted by Crippen LogP contribution is 2.24. The monoisotopic (exact) mass is 303 g/mol. The topological polar surface area (TPSA) is 21.3 Å². The molecule has 0 aromatic carbocycles. The van der Waals surface area contributed by atoms with Crippen LogP contribution in [0.3, 0.4) is 0 Å². The zero-order chi connectivity index (χ0) is 11.4. The van der Waals surface area contributed by atoms with E-state index in [-0.39, 0.29) is 0 Å². The molecule has 1 N–H and O–H groups in total. The summed E-state index contributed by atoms with van der Waals surface area (Å²) in [5, 5.41) is 3.58. The first kappa shape index (κ1) is 12.6. The van der Waals surface area contributed by atoms with Crippen molar-refractivity contribution < 1.29 is 4.74 Å². The predicted molar refractivity (Wildman–Crippen MR) is 72.2 cm³/mol. The molecule has 1 heterocycles. The van der Waals surface area contributed by atoms with Crippen LogP contribution < -0.4 is 5.32 Å². The van der Waals surface area contributed by atoms with Crippen molar-refractivity contribution in [1.29, 1.82) is 0 Å². The SMILES string of the molecule is CCOC1CC(NCCc2ccc(Br)s2)C1. The van der Waals surface area contributed by atoms with Gasteiger partial charge in [0.25, 0.3) is 0 Å². The second kappa shape index (κ2) is 6.15.